The molecule has 0 aliphatic heterocycles. The summed E-state index contributed by atoms with van der Waals surface area (Å²) >= 11 is 0. The van der Waals surface area contributed by atoms with Gasteiger partial charge >= 0.3 is 0 Å². The van der Waals surface area contributed by atoms with Crippen LogP contribution in [0.4, 0.5) is 17.1 Å². The first-order valence-electron chi connectivity index (χ1n) is 21.0. The Morgan fingerprint density at radius 1 is 0.295 bits per heavy atom. The molecule has 0 aliphatic rings. The lowest BCUT2D eigenvalue weighted by molar-refractivity contribution is 1.18. The molecule has 0 spiro atoms. The van der Waals surface area contributed by atoms with E-state index in [0.29, 0.717) is 0 Å². The standard InChI is InChI=1S/C58H42N2Si/c1-5-19-47(20-6-1)60-57-28-16-15-27-55(57)56-40-32-46(42-58(56)60)44-29-33-48(34-30-44)59(50-35-31-43-17-13-14-18-45(43)41-50)49-36-38-54(39-37-49)61(51-21-7-2-8-22-51,52-23-9-3-10-24-52)53-25-11-4-12-26-53/h1-42H. The number of hydrogen-bond acceptors (Lipinski definition) is 1. The first kappa shape index (κ1) is 36.4. The van der Waals surface area contributed by atoms with Crippen molar-refractivity contribution in [2.24, 2.45) is 0 Å². The molecule has 0 fully saturated rings. The van der Waals surface area contributed by atoms with Crippen molar-refractivity contribution >= 4 is 78.5 Å². The van der Waals surface area contributed by atoms with Crippen molar-refractivity contribution in [2.45, 2.75) is 0 Å². The number of benzene rings is 10. The van der Waals surface area contributed by atoms with E-state index < -0.39 is 8.07 Å². The molecule has 2 nitrogen and oxygen atoms in total. The average molecular weight is 795 g/mol. The molecule has 10 aromatic carbocycles. The van der Waals surface area contributed by atoms with E-state index >= 15 is 0 Å². The van der Waals surface area contributed by atoms with Crippen LogP contribution >= 0.6 is 0 Å². The third-order valence-electron chi connectivity index (χ3n) is 12.3. The number of rotatable bonds is 9. The highest BCUT2D eigenvalue weighted by molar-refractivity contribution is 7.19. The van der Waals surface area contributed by atoms with Crippen LogP contribution in [-0.2, 0) is 0 Å². The quantitative estimate of drug-likeness (QED) is 0.104. The fourth-order valence-electron chi connectivity index (χ4n) is 9.50. The highest BCUT2D eigenvalue weighted by atomic mass is 28.3. The van der Waals surface area contributed by atoms with Crippen LogP contribution in [0.15, 0.2) is 255 Å². The van der Waals surface area contributed by atoms with Crippen molar-refractivity contribution in [1.82, 2.24) is 4.57 Å². The highest BCUT2D eigenvalue weighted by Gasteiger charge is 2.41. The molecule has 0 radical (unpaired) electrons. The second-order valence-corrected chi connectivity index (χ2v) is 19.5. The minimum atomic E-state index is -2.67. The van der Waals surface area contributed by atoms with E-state index in [1.54, 1.807) is 0 Å². The zero-order valence-corrected chi connectivity index (χ0v) is 34.6. The summed E-state index contributed by atoms with van der Waals surface area (Å²) < 4.78 is 2.39. The third-order valence-corrected chi connectivity index (χ3v) is 17.1. The molecule has 1 aromatic heterocycles. The summed E-state index contributed by atoms with van der Waals surface area (Å²) in [7, 11) is -2.67. The Bertz CT molecular complexity index is 3170. The van der Waals surface area contributed by atoms with Gasteiger partial charge in [-0.1, -0.05) is 194 Å². The molecule has 0 N–H and O–H groups in total. The summed E-state index contributed by atoms with van der Waals surface area (Å²) in [6.07, 6.45) is 0. The van der Waals surface area contributed by atoms with Crippen molar-refractivity contribution in [3.05, 3.63) is 255 Å². The highest BCUT2D eigenvalue weighted by Crippen LogP contribution is 2.39. The number of aromatic nitrogens is 1. The van der Waals surface area contributed by atoms with Crippen LogP contribution in [-0.4, -0.2) is 12.6 Å². The largest absolute Gasteiger partial charge is 0.310 e. The van der Waals surface area contributed by atoms with Crippen molar-refractivity contribution < 1.29 is 0 Å². The Labute approximate surface area is 357 Å². The van der Waals surface area contributed by atoms with E-state index in [9.17, 15) is 0 Å². The first-order chi connectivity index (χ1) is 30.3. The van der Waals surface area contributed by atoms with Gasteiger partial charge in [0.1, 0.15) is 0 Å². The minimum absolute atomic E-state index is 1.10. The Kier molecular flexibility index (Phi) is 9.22. The van der Waals surface area contributed by atoms with Gasteiger partial charge in [0.2, 0.25) is 0 Å². The fraction of sp³-hybridized carbons (Fsp3) is 0. The maximum atomic E-state index is 2.40. The van der Waals surface area contributed by atoms with Gasteiger partial charge < -0.3 is 9.47 Å². The fourth-order valence-corrected chi connectivity index (χ4v) is 14.2. The van der Waals surface area contributed by atoms with Gasteiger partial charge in [-0.15, -0.1) is 0 Å². The van der Waals surface area contributed by atoms with E-state index in [2.05, 4.69) is 264 Å². The third kappa shape index (κ3) is 6.35. The Balaban J connectivity index is 1.04. The number of anilines is 3. The molecule has 0 amide bonds. The zero-order valence-electron chi connectivity index (χ0n) is 33.6. The second-order valence-electron chi connectivity index (χ2n) is 15.7. The van der Waals surface area contributed by atoms with Crippen molar-refractivity contribution in [1.29, 1.82) is 0 Å². The Morgan fingerprint density at radius 3 is 1.38 bits per heavy atom. The Hall–Kier alpha value is -7.72. The van der Waals surface area contributed by atoms with Gasteiger partial charge in [-0.05, 0) is 103 Å². The first-order valence-corrected chi connectivity index (χ1v) is 23.0. The molecular formula is C58H42N2Si. The summed E-state index contributed by atoms with van der Waals surface area (Å²) in [5.41, 5.74) is 9.26. The predicted octanol–water partition coefficient (Wildman–Crippen LogP) is 12.5. The molecule has 11 aromatic rings. The van der Waals surface area contributed by atoms with Crippen molar-refractivity contribution in [3.63, 3.8) is 0 Å². The van der Waals surface area contributed by atoms with Gasteiger partial charge in [0.15, 0.2) is 8.07 Å². The smallest absolute Gasteiger partial charge is 0.179 e. The SMILES string of the molecule is c1ccc(-n2c3ccccc3c3ccc(-c4ccc(N(c5ccc([Si](c6ccccc6)(c6ccccc6)c6ccccc6)cc5)c5ccc6ccccc6c5)cc4)cc32)cc1. The lowest BCUT2D eigenvalue weighted by Gasteiger charge is -2.35. The normalized spacial score (nSPS) is 11.6. The number of nitrogens with zero attached hydrogens (tertiary/aromatic N) is 2. The molecule has 288 valence electrons. The molecule has 0 atom stereocenters. The second kappa shape index (κ2) is 15.5. The summed E-state index contributed by atoms with van der Waals surface area (Å²) in [4.78, 5) is 2.40. The lowest BCUT2D eigenvalue weighted by atomic mass is 10.0. The van der Waals surface area contributed by atoms with Crippen LogP contribution in [0.3, 0.4) is 0 Å². The van der Waals surface area contributed by atoms with Crippen LogP contribution < -0.4 is 25.6 Å². The molecule has 0 bridgehead atoms. The number of para-hydroxylation sites is 2. The van der Waals surface area contributed by atoms with Gasteiger partial charge in [0, 0.05) is 33.5 Å². The van der Waals surface area contributed by atoms with Crippen LogP contribution in [0.25, 0.3) is 49.4 Å². The summed E-state index contributed by atoms with van der Waals surface area (Å²) in [5, 5.41) is 10.4. The molecule has 11 rings (SSSR count). The Morgan fingerprint density at radius 2 is 0.754 bits per heavy atom. The molecule has 0 unspecified atom stereocenters. The zero-order chi connectivity index (χ0) is 40.6. The van der Waals surface area contributed by atoms with Crippen LogP contribution in [0.1, 0.15) is 0 Å². The van der Waals surface area contributed by atoms with Crippen LogP contribution in [0.2, 0.25) is 0 Å². The summed E-state index contributed by atoms with van der Waals surface area (Å²) in [5.74, 6) is 0. The minimum Gasteiger partial charge on any atom is -0.310 e. The molecule has 0 aliphatic carbocycles. The van der Waals surface area contributed by atoms with E-state index in [-0.39, 0.29) is 0 Å². The molecule has 0 saturated heterocycles. The van der Waals surface area contributed by atoms with Crippen molar-refractivity contribution in [3.8, 4) is 16.8 Å². The average Bonchev–Trinajstić information content (AvgIpc) is 3.67. The van der Waals surface area contributed by atoms with Crippen molar-refractivity contribution in [2.75, 3.05) is 4.90 Å². The maximum absolute atomic E-state index is 2.67. The van der Waals surface area contributed by atoms with E-state index in [0.717, 1.165) is 22.7 Å². The molecular weight excluding hydrogens is 753 g/mol. The molecule has 61 heavy (non-hydrogen) atoms. The molecule has 3 heteroatoms. The van der Waals surface area contributed by atoms with Gasteiger partial charge in [-0.2, -0.15) is 0 Å². The van der Waals surface area contributed by atoms with Gasteiger partial charge in [0.05, 0.1) is 11.0 Å². The summed E-state index contributed by atoms with van der Waals surface area (Å²) in [6, 6.07) is 93.6. The molecule has 1 heterocycles. The van der Waals surface area contributed by atoms with Crippen LogP contribution in [0, 0.1) is 0 Å². The lowest BCUT2D eigenvalue weighted by Crippen LogP contribution is -2.74. The number of hydrogen-bond donors (Lipinski definition) is 0. The van der Waals surface area contributed by atoms with E-state index in [1.165, 1.54) is 64.5 Å². The molecule has 0 saturated carbocycles. The summed E-state index contributed by atoms with van der Waals surface area (Å²) in [6.45, 7) is 0. The van der Waals surface area contributed by atoms with Gasteiger partial charge in [0.25, 0.3) is 0 Å². The van der Waals surface area contributed by atoms with E-state index in [4.69, 9.17) is 0 Å². The van der Waals surface area contributed by atoms with E-state index in [1.807, 2.05) is 0 Å². The monoisotopic (exact) mass is 794 g/mol. The topological polar surface area (TPSA) is 8.17 Å². The van der Waals surface area contributed by atoms with Gasteiger partial charge in [-0.25, -0.2) is 0 Å². The van der Waals surface area contributed by atoms with Crippen LogP contribution in [0.5, 0.6) is 0 Å². The predicted molar refractivity (Wildman–Crippen MR) is 262 cm³/mol. The number of fused-ring (bicyclic) bond motifs is 4. The maximum Gasteiger partial charge on any atom is 0.179 e. The van der Waals surface area contributed by atoms with Gasteiger partial charge in [-0.3, -0.25) is 0 Å².